The highest BCUT2D eigenvalue weighted by Crippen LogP contribution is 2.30. The maximum atomic E-state index is 12.4. The molecule has 2 aromatic carbocycles. The van der Waals surface area contributed by atoms with E-state index in [0.717, 1.165) is 50.1 Å². The van der Waals surface area contributed by atoms with Crippen molar-refractivity contribution in [3.8, 4) is 0 Å². The van der Waals surface area contributed by atoms with Crippen LogP contribution < -0.4 is 10.0 Å². The fraction of sp³-hybridized carbons (Fsp3) is 0.519. The lowest BCUT2D eigenvalue weighted by molar-refractivity contribution is -0.118. The molecule has 0 saturated carbocycles. The Balaban J connectivity index is 1.56. The van der Waals surface area contributed by atoms with Crippen molar-refractivity contribution >= 4 is 21.6 Å². The van der Waals surface area contributed by atoms with E-state index in [4.69, 9.17) is 0 Å². The number of likely N-dealkylation sites (tertiary alicyclic amines) is 1. The second-order valence-electron chi connectivity index (χ2n) is 9.57. The summed E-state index contributed by atoms with van der Waals surface area (Å²) in [5.74, 6) is 0.617. The van der Waals surface area contributed by atoms with Crippen LogP contribution in [0.1, 0.15) is 69.5 Å². The molecule has 3 rings (SSSR count). The van der Waals surface area contributed by atoms with Crippen LogP contribution in [-0.2, 0) is 14.8 Å². The van der Waals surface area contributed by atoms with Gasteiger partial charge in [0.2, 0.25) is 15.9 Å². The van der Waals surface area contributed by atoms with E-state index in [1.807, 2.05) is 63.2 Å². The molecule has 1 unspecified atom stereocenters. The Labute approximate surface area is 205 Å². The standard InChI is InChI=1S/C27H39N3O3S/c1-4-19-34(32,33)29-26(23-9-6-5-7-10-23)15-18-30-16-13-22(14-17-30)24-11-8-12-25(20-24)28-27(31)21(2)3/h5-12,20-22,26,29H,4,13-19H2,1-3H3,(H,28,31). The van der Waals surface area contributed by atoms with Gasteiger partial charge in [0, 0.05) is 17.6 Å². The minimum Gasteiger partial charge on any atom is -0.326 e. The molecule has 2 N–H and O–H groups in total. The average Bonchev–Trinajstić information content (AvgIpc) is 2.82. The Bertz CT molecular complexity index is 1020. The number of hydrogen-bond acceptors (Lipinski definition) is 4. The molecule has 1 aliphatic rings. The molecule has 0 aromatic heterocycles. The van der Waals surface area contributed by atoms with Gasteiger partial charge >= 0.3 is 0 Å². The molecule has 0 aliphatic carbocycles. The first kappa shape index (κ1) is 26.4. The van der Waals surface area contributed by atoms with Gasteiger partial charge in [-0.15, -0.1) is 0 Å². The number of nitrogens with one attached hydrogen (secondary N) is 2. The number of carbonyl (C=O) groups excluding carboxylic acids is 1. The predicted octanol–water partition coefficient (Wildman–Crippen LogP) is 4.92. The maximum Gasteiger partial charge on any atom is 0.226 e. The number of carbonyl (C=O) groups is 1. The van der Waals surface area contributed by atoms with E-state index >= 15 is 0 Å². The van der Waals surface area contributed by atoms with Gasteiger partial charge in [0.05, 0.1) is 5.75 Å². The third kappa shape index (κ3) is 7.93. The fourth-order valence-electron chi connectivity index (χ4n) is 4.48. The Hall–Kier alpha value is -2.22. The monoisotopic (exact) mass is 485 g/mol. The Morgan fingerprint density at radius 3 is 2.41 bits per heavy atom. The molecule has 7 heteroatoms. The topological polar surface area (TPSA) is 78.5 Å². The fourth-order valence-corrected chi connectivity index (χ4v) is 5.82. The molecule has 0 radical (unpaired) electrons. The predicted molar refractivity (Wildman–Crippen MR) is 139 cm³/mol. The molecule has 1 heterocycles. The molecule has 1 aliphatic heterocycles. The molecule has 1 fully saturated rings. The van der Waals surface area contributed by atoms with Crippen molar-refractivity contribution in [2.75, 3.05) is 30.7 Å². The van der Waals surface area contributed by atoms with Crippen molar-refractivity contribution in [2.24, 2.45) is 5.92 Å². The van der Waals surface area contributed by atoms with Crippen LogP contribution in [0.3, 0.4) is 0 Å². The van der Waals surface area contributed by atoms with Crippen molar-refractivity contribution in [1.82, 2.24) is 9.62 Å². The van der Waals surface area contributed by atoms with Gasteiger partial charge in [0.1, 0.15) is 0 Å². The SMILES string of the molecule is CCCS(=O)(=O)NC(CCN1CCC(c2cccc(NC(=O)C(C)C)c2)CC1)c1ccccc1. The zero-order valence-corrected chi connectivity index (χ0v) is 21.5. The van der Waals surface area contributed by atoms with Crippen molar-refractivity contribution in [3.05, 3.63) is 65.7 Å². The number of hydrogen-bond donors (Lipinski definition) is 2. The van der Waals surface area contributed by atoms with Crippen LogP contribution in [0.15, 0.2) is 54.6 Å². The van der Waals surface area contributed by atoms with Crippen LogP contribution in [0, 0.1) is 5.92 Å². The minimum atomic E-state index is -3.29. The molecule has 1 atom stereocenters. The average molecular weight is 486 g/mol. The van der Waals surface area contributed by atoms with E-state index in [1.165, 1.54) is 5.56 Å². The van der Waals surface area contributed by atoms with Crippen molar-refractivity contribution in [1.29, 1.82) is 0 Å². The van der Waals surface area contributed by atoms with Crippen LogP contribution in [0.25, 0.3) is 0 Å². The van der Waals surface area contributed by atoms with Crippen LogP contribution in [0.2, 0.25) is 0 Å². The molecule has 1 saturated heterocycles. The van der Waals surface area contributed by atoms with Crippen LogP contribution in [0.4, 0.5) is 5.69 Å². The summed E-state index contributed by atoms with van der Waals surface area (Å²) >= 11 is 0. The van der Waals surface area contributed by atoms with Gasteiger partial charge in [0.15, 0.2) is 0 Å². The lowest BCUT2D eigenvalue weighted by Crippen LogP contribution is -2.37. The summed E-state index contributed by atoms with van der Waals surface area (Å²) in [6.07, 6.45) is 3.46. The van der Waals surface area contributed by atoms with Crippen LogP contribution in [-0.4, -0.2) is 44.6 Å². The Morgan fingerprint density at radius 1 is 1.06 bits per heavy atom. The maximum absolute atomic E-state index is 12.4. The summed E-state index contributed by atoms with van der Waals surface area (Å²) in [4.78, 5) is 14.5. The number of piperidine rings is 1. The second kappa shape index (κ2) is 12.5. The van der Waals surface area contributed by atoms with Gasteiger partial charge in [-0.2, -0.15) is 0 Å². The summed E-state index contributed by atoms with van der Waals surface area (Å²) in [7, 11) is -3.29. The van der Waals surface area contributed by atoms with Gasteiger partial charge in [-0.25, -0.2) is 13.1 Å². The Morgan fingerprint density at radius 2 is 1.76 bits per heavy atom. The van der Waals surface area contributed by atoms with Gasteiger partial charge < -0.3 is 10.2 Å². The molecule has 34 heavy (non-hydrogen) atoms. The summed E-state index contributed by atoms with van der Waals surface area (Å²) in [5, 5.41) is 3.00. The van der Waals surface area contributed by atoms with Gasteiger partial charge in [0.25, 0.3) is 0 Å². The zero-order chi connectivity index (χ0) is 24.6. The van der Waals surface area contributed by atoms with Gasteiger partial charge in [-0.1, -0.05) is 63.2 Å². The van der Waals surface area contributed by atoms with Crippen molar-refractivity contribution in [2.45, 2.75) is 58.4 Å². The van der Waals surface area contributed by atoms with Gasteiger partial charge in [-0.05, 0) is 74.5 Å². The molecular weight excluding hydrogens is 446 g/mol. The molecule has 0 bridgehead atoms. The van der Waals surface area contributed by atoms with E-state index in [2.05, 4.69) is 27.1 Å². The largest absolute Gasteiger partial charge is 0.326 e. The van der Waals surface area contributed by atoms with Crippen molar-refractivity contribution < 1.29 is 13.2 Å². The molecule has 6 nitrogen and oxygen atoms in total. The third-order valence-corrected chi connectivity index (χ3v) is 8.06. The third-order valence-electron chi connectivity index (χ3n) is 6.47. The van der Waals surface area contributed by atoms with Crippen LogP contribution >= 0.6 is 0 Å². The first-order valence-corrected chi connectivity index (χ1v) is 14.1. The quantitative estimate of drug-likeness (QED) is 0.473. The Kier molecular flexibility index (Phi) is 9.68. The second-order valence-corrected chi connectivity index (χ2v) is 11.4. The number of benzene rings is 2. The molecular formula is C27H39N3O3S. The lowest BCUT2D eigenvalue weighted by Gasteiger charge is -2.33. The number of sulfonamides is 1. The van der Waals surface area contributed by atoms with Gasteiger partial charge in [-0.3, -0.25) is 4.79 Å². The normalized spacial score (nSPS) is 16.5. The van der Waals surface area contributed by atoms with E-state index in [9.17, 15) is 13.2 Å². The lowest BCUT2D eigenvalue weighted by atomic mass is 9.89. The summed E-state index contributed by atoms with van der Waals surface area (Å²) < 4.78 is 27.8. The number of nitrogens with zero attached hydrogens (tertiary/aromatic N) is 1. The summed E-state index contributed by atoms with van der Waals surface area (Å²) in [6, 6.07) is 17.9. The smallest absolute Gasteiger partial charge is 0.226 e. The minimum absolute atomic E-state index is 0.0366. The first-order valence-electron chi connectivity index (χ1n) is 12.5. The van der Waals surface area contributed by atoms with E-state index < -0.39 is 10.0 Å². The highest BCUT2D eigenvalue weighted by Gasteiger charge is 2.24. The van der Waals surface area contributed by atoms with Crippen molar-refractivity contribution in [3.63, 3.8) is 0 Å². The zero-order valence-electron chi connectivity index (χ0n) is 20.7. The molecule has 0 spiro atoms. The molecule has 1 amide bonds. The number of rotatable bonds is 11. The van der Waals surface area contributed by atoms with E-state index in [1.54, 1.807) is 0 Å². The number of anilines is 1. The van der Waals surface area contributed by atoms with E-state index in [0.29, 0.717) is 12.3 Å². The first-order chi connectivity index (χ1) is 16.3. The van der Waals surface area contributed by atoms with Crippen LogP contribution in [0.5, 0.6) is 0 Å². The van der Waals surface area contributed by atoms with E-state index in [-0.39, 0.29) is 23.6 Å². The number of amides is 1. The summed E-state index contributed by atoms with van der Waals surface area (Å²) in [6.45, 7) is 8.49. The molecule has 2 aromatic rings. The summed E-state index contributed by atoms with van der Waals surface area (Å²) in [5.41, 5.74) is 3.15. The molecule has 186 valence electrons. The highest BCUT2D eigenvalue weighted by molar-refractivity contribution is 7.89. The highest BCUT2D eigenvalue weighted by atomic mass is 32.2.